The Hall–Kier alpha value is -3.09. The van der Waals surface area contributed by atoms with Gasteiger partial charge >= 0.3 is 0 Å². The lowest BCUT2D eigenvalue weighted by atomic mass is 10.1. The van der Waals surface area contributed by atoms with Crippen LogP contribution >= 0.6 is 0 Å². The van der Waals surface area contributed by atoms with Crippen molar-refractivity contribution in [2.24, 2.45) is 4.99 Å². The Morgan fingerprint density at radius 2 is 1.55 bits per heavy atom. The highest BCUT2D eigenvalue weighted by molar-refractivity contribution is 5.79. The van der Waals surface area contributed by atoms with E-state index in [0.29, 0.717) is 30.3 Å². The summed E-state index contributed by atoms with van der Waals surface area (Å²) < 4.78 is 21.5. The number of guanidine groups is 1. The number of aliphatic imine (C=N–C) groups is 1. The van der Waals surface area contributed by atoms with Gasteiger partial charge in [0, 0.05) is 18.7 Å². The van der Waals surface area contributed by atoms with Crippen molar-refractivity contribution >= 4 is 5.96 Å². The summed E-state index contributed by atoms with van der Waals surface area (Å²) in [4.78, 5) is 4.65. The SMILES string of the molecule is CCNC(=NCc1ccc(OC)cc1)NCCc1ccc(OC)c(OC)c1OC. The van der Waals surface area contributed by atoms with Crippen molar-refractivity contribution in [1.29, 1.82) is 0 Å². The molecule has 0 bridgehead atoms. The maximum atomic E-state index is 5.55. The minimum absolute atomic E-state index is 0.582. The molecule has 2 aromatic rings. The van der Waals surface area contributed by atoms with E-state index in [1.807, 2.05) is 43.3 Å². The van der Waals surface area contributed by atoms with E-state index in [1.54, 1.807) is 28.4 Å². The van der Waals surface area contributed by atoms with E-state index >= 15 is 0 Å². The van der Waals surface area contributed by atoms with Gasteiger partial charge in [-0.25, -0.2) is 4.99 Å². The molecule has 0 fully saturated rings. The summed E-state index contributed by atoms with van der Waals surface area (Å²) in [6.07, 6.45) is 0.747. The first-order valence-corrected chi connectivity index (χ1v) is 9.59. The van der Waals surface area contributed by atoms with E-state index in [9.17, 15) is 0 Å². The summed E-state index contributed by atoms with van der Waals surface area (Å²) in [6, 6.07) is 11.8. The van der Waals surface area contributed by atoms with E-state index in [2.05, 4.69) is 15.6 Å². The van der Waals surface area contributed by atoms with Crippen molar-refractivity contribution in [2.45, 2.75) is 19.9 Å². The average molecular weight is 402 g/mol. The zero-order valence-corrected chi connectivity index (χ0v) is 17.9. The molecule has 0 saturated heterocycles. The van der Waals surface area contributed by atoms with Crippen LogP contribution < -0.4 is 29.6 Å². The van der Waals surface area contributed by atoms with Crippen LogP contribution in [-0.4, -0.2) is 47.5 Å². The average Bonchev–Trinajstić information content (AvgIpc) is 2.77. The molecule has 2 N–H and O–H groups in total. The predicted molar refractivity (Wildman–Crippen MR) is 116 cm³/mol. The van der Waals surface area contributed by atoms with Gasteiger partial charge in [0.25, 0.3) is 0 Å². The molecule has 0 atom stereocenters. The quantitative estimate of drug-likeness (QED) is 0.471. The Balaban J connectivity index is 2.01. The molecule has 7 heteroatoms. The summed E-state index contributed by atoms with van der Waals surface area (Å²) in [5, 5.41) is 6.64. The van der Waals surface area contributed by atoms with E-state index in [-0.39, 0.29) is 0 Å². The van der Waals surface area contributed by atoms with Crippen LogP contribution in [0.2, 0.25) is 0 Å². The molecule has 0 amide bonds. The molecular weight excluding hydrogens is 370 g/mol. The van der Waals surface area contributed by atoms with Gasteiger partial charge in [-0.3, -0.25) is 0 Å². The van der Waals surface area contributed by atoms with Crippen molar-refractivity contribution in [3.8, 4) is 23.0 Å². The maximum absolute atomic E-state index is 5.55. The molecule has 2 aromatic carbocycles. The fourth-order valence-corrected chi connectivity index (χ4v) is 2.92. The molecule has 7 nitrogen and oxygen atoms in total. The summed E-state index contributed by atoms with van der Waals surface area (Å²) in [6.45, 7) is 4.11. The summed E-state index contributed by atoms with van der Waals surface area (Å²) in [7, 11) is 6.51. The van der Waals surface area contributed by atoms with Gasteiger partial charge in [-0.1, -0.05) is 18.2 Å². The fourth-order valence-electron chi connectivity index (χ4n) is 2.92. The van der Waals surface area contributed by atoms with E-state index in [4.69, 9.17) is 18.9 Å². The third kappa shape index (κ3) is 6.20. The second-order valence-corrected chi connectivity index (χ2v) is 6.21. The summed E-state index contributed by atoms with van der Waals surface area (Å²) >= 11 is 0. The van der Waals surface area contributed by atoms with Crippen molar-refractivity contribution in [3.63, 3.8) is 0 Å². The van der Waals surface area contributed by atoms with E-state index in [1.165, 1.54) is 0 Å². The van der Waals surface area contributed by atoms with Gasteiger partial charge in [0.15, 0.2) is 17.5 Å². The lowest BCUT2D eigenvalue weighted by Crippen LogP contribution is -2.38. The van der Waals surface area contributed by atoms with Gasteiger partial charge in [-0.2, -0.15) is 0 Å². The second kappa shape index (κ2) is 11.7. The molecule has 158 valence electrons. The van der Waals surface area contributed by atoms with Crippen LogP contribution in [0.25, 0.3) is 0 Å². The molecule has 0 heterocycles. The Kier molecular flexibility index (Phi) is 8.95. The van der Waals surface area contributed by atoms with Gasteiger partial charge in [-0.15, -0.1) is 0 Å². The number of ether oxygens (including phenoxy) is 4. The van der Waals surface area contributed by atoms with Crippen LogP contribution in [0.5, 0.6) is 23.0 Å². The molecule has 0 spiro atoms. The topological polar surface area (TPSA) is 73.3 Å². The van der Waals surface area contributed by atoms with Gasteiger partial charge in [0.1, 0.15) is 5.75 Å². The zero-order valence-electron chi connectivity index (χ0n) is 17.9. The van der Waals surface area contributed by atoms with Gasteiger partial charge in [0.2, 0.25) is 5.75 Å². The van der Waals surface area contributed by atoms with Crippen LogP contribution in [0, 0.1) is 0 Å². The fraction of sp³-hybridized carbons (Fsp3) is 0.409. The zero-order chi connectivity index (χ0) is 21.1. The molecule has 0 aromatic heterocycles. The number of hydrogen-bond donors (Lipinski definition) is 2. The molecule has 0 aliphatic heterocycles. The predicted octanol–water partition coefficient (Wildman–Crippen LogP) is 3.02. The summed E-state index contributed by atoms with van der Waals surface area (Å²) in [5.41, 5.74) is 2.15. The monoisotopic (exact) mass is 401 g/mol. The summed E-state index contributed by atoms with van der Waals surface area (Å²) in [5.74, 6) is 3.55. The van der Waals surface area contributed by atoms with Crippen molar-refractivity contribution in [2.75, 3.05) is 41.5 Å². The molecule has 0 unspecified atom stereocenters. The largest absolute Gasteiger partial charge is 0.497 e. The van der Waals surface area contributed by atoms with Crippen molar-refractivity contribution in [3.05, 3.63) is 47.5 Å². The van der Waals surface area contributed by atoms with E-state index in [0.717, 1.165) is 35.8 Å². The minimum Gasteiger partial charge on any atom is -0.497 e. The molecule has 2 rings (SSSR count). The molecule has 0 aliphatic carbocycles. The van der Waals surface area contributed by atoms with Crippen LogP contribution in [-0.2, 0) is 13.0 Å². The lowest BCUT2D eigenvalue weighted by molar-refractivity contribution is 0.322. The second-order valence-electron chi connectivity index (χ2n) is 6.21. The molecule has 0 saturated carbocycles. The number of hydrogen-bond acceptors (Lipinski definition) is 5. The first-order valence-electron chi connectivity index (χ1n) is 9.59. The number of methoxy groups -OCH3 is 4. The first kappa shape index (κ1) is 22.2. The molecular formula is C22H31N3O4. The third-order valence-corrected chi connectivity index (χ3v) is 4.40. The van der Waals surface area contributed by atoms with Crippen LogP contribution in [0.15, 0.2) is 41.4 Å². The van der Waals surface area contributed by atoms with Crippen molar-refractivity contribution in [1.82, 2.24) is 10.6 Å². The highest BCUT2D eigenvalue weighted by Gasteiger charge is 2.15. The number of nitrogens with zero attached hydrogens (tertiary/aromatic N) is 1. The Labute approximate surface area is 173 Å². The van der Waals surface area contributed by atoms with Crippen LogP contribution in [0.1, 0.15) is 18.1 Å². The highest BCUT2D eigenvalue weighted by Crippen LogP contribution is 2.39. The Bertz CT molecular complexity index is 791. The van der Waals surface area contributed by atoms with Gasteiger partial charge < -0.3 is 29.6 Å². The van der Waals surface area contributed by atoms with Crippen LogP contribution in [0.3, 0.4) is 0 Å². The van der Waals surface area contributed by atoms with Crippen molar-refractivity contribution < 1.29 is 18.9 Å². The smallest absolute Gasteiger partial charge is 0.203 e. The van der Waals surface area contributed by atoms with Gasteiger partial charge in [0.05, 0.1) is 35.0 Å². The number of rotatable bonds is 10. The lowest BCUT2D eigenvalue weighted by Gasteiger charge is -2.16. The molecule has 0 aliphatic rings. The Morgan fingerprint density at radius 1 is 0.828 bits per heavy atom. The maximum Gasteiger partial charge on any atom is 0.203 e. The standard InChI is InChI=1S/C22H31N3O4/c1-6-23-22(25-15-16-7-10-18(26-2)11-8-16)24-14-13-17-9-12-19(27-3)21(29-5)20(17)28-4/h7-12H,6,13-15H2,1-5H3,(H2,23,24,25). The third-order valence-electron chi connectivity index (χ3n) is 4.40. The minimum atomic E-state index is 0.582. The number of nitrogens with one attached hydrogen (secondary N) is 2. The van der Waals surface area contributed by atoms with E-state index < -0.39 is 0 Å². The first-order chi connectivity index (χ1) is 14.2. The number of benzene rings is 2. The van der Waals surface area contributed by atoms with Gasteiger partial charge in [-0.05, 0) is 37.1 Å². The highest BCUT2D eigenvalue weighted by atomic mass is 16.5. The Morgan fingerprint density at radius 3 is 2.14 bits per heavy atom. The molecule has 0 radical (unpaired) electrons. The molecule has 29 heavy (non-hydrogen) atoms. The van der Waals surface area contributed by atoms with Crippen LogP contribution in [0.4, 0.5) is 0 Å². The normalized spacial score (nSPS) is 11.0.